The van der Waals surface area contributed by atoms with Gasteiger partial charge < -0.3 is 0 Å². The van der Waals surface area contributed by atoms with E-state index in [0.29, 0.717) is 0 Å². The predicted octanol–water partition coefficient (Wildman–Crippen LogP) is 3.51. The van der Waals surface area contributed by atoms with Crippen LogP contribution in [0.1, 0.15) is 38.3 Å². The first-order valence-electron chi connectivity index (χ1n) is 5.13. The molecule has 0 aliphatic heterocycles. The largest absolute Gasteiger partial charge is 0.269 e. The lowest BCUT2D eigenvalue weighted by Gasteiger charge is -2.07. The topological polar surface area (TPSA) is 43.1 Å². The van der Waals surface area contributed by atoms with Crippen LogP contribution in [0, 0.1) is 16.0 Å². The van der Waals surface area contributed by atoms with Crippen molar-refractivity contribution in [1.29, 1.82) is 0 Å². The number of hydrogen-bond donors (Lipinski definition) is 0. The van der Waals surface area contributed by atoms with Crippen molar-refractivity contribution in [3.63, 3.8) is 0 Å². The highest BCUT2D eigenvalue weighted by Gasteiger charge is 2.11. The van der Waals surface area contributed by atoms with Crippen molar-refractivity contribution in [2.45, 2.75) is 33.6 Å². The highest BCUT2D eigenvalue weighted by molar-refractivity contribution is 5.44. The number of nitro groups is 1. The predicted molar refractivity (Wildman–Crippen MR) is 60.8 cm³/mol. The summed E-state index contributed by atoms with van der Waals surface area (Å²) in [5, 5.41) is 10.7. The van der Waals surface area contributed by atoms with E-state index >= 15 is 0 Å². The molecule has 0 aliphatic carbocycles. The molecule has 15 heavy (non-hydrogen) atoms. The van der Waals surface area contributed by atoms with Crippen molar-refractivity contribution in [2.24, 2.45) is 0 Å². The molecular formula is C12H16NO2. The lowest BCUT2D eigenvalue weighted by atomic mass is 9.98. The van der Waals surface area contributed by atoms with E-state index in [0.717, 1.165) is 29.9 Å². The van der Waals surface area contributed by atoms with Crippen molar-refractivity contribution in [1.82, 2.24) is 0 Å². The molecule has 1 radical (unpaired) electrons. The molecule has 0 spiro atoms. The molecule has 3 nitrogen and oxygen atoms in total. The molecule has 81 valence electrons. The highest BCUT2D eigenvalue weighted by Crippen LogP contribution is 2.23. The maximum Gasteiger partial charge on any atom is 0.269 e. The van der Waals surface area contributed by atoms with Gasteiger partial charge in [0.25, 0.3) is 5.69 Å². The lowest BCUT2D eigenvalue weighted by molar-refractivity contribution is -0.385. The quantitative estimate of drug-likeness (QED) is 0.559. The number of nitrogens with zero attached hydrogens (tertiary/aromatic N) is 1. The summed E-state index contributed by atoms with van der Waals surface area (Å²) in [7, 11) is 0. The second-order valence-electron chi connectivity index (χ2n) is 3.90. The minimum Gasteiger partial charge on any atom is -0.258 e. The molecule has 0 N–H and O–H groups in total. The van der Waals surface area contributed by atoms with Gasteiger partial charge in [-0.15, -0.1) is 0 Å². The SMILES string of the molecule is CCCc1cc([C](C)C)cc([N+](=O)[O-])c1. The van der Waals surface area contributed by atoms with Crippen molar-refractivity contribution in [3.8, 4) is 0 Å². The van der Waals surface area contributed by atoms with Crippen LogP contribution in [0.5, 0.6) is 0 Å². The summed E-state index contributed by atoms with van der Waals surface area (Å²) in [5.41, 5.74) is 2.20. The first-order valence-corrected chi connectivity index (χ1v) is 5.13. The number of nitro benzene ring substituents is 1. The molecule has 1 aromatic rings. The minimum atomic E-state index is -0.328. The number of aryl methyl sites for hydroxylation is 1. The van der Waals surface area contributed by atoms with E-state index in [1.165, 1.54) is 0 Å². The van der Waals surface area contributed by atoms with Gasteiger partial charge in [-0.25, -0.2) is 0 Å². The molecule has 0 bridgehead atoms. The second kappa shape index (κ2) is 4.91. The van der Waals surface area contributed by atoms with Crippen LogP contribution in [0.2, 0.25) is 0 Å². The van der Waals surface area contributed by atoms with Gasteiger partial charge in [-0.05, 0) is 23.5 Å². The van der Waals surface area contributed by atoms with Crippen LogP contribution in [0.4, 0.5) is 5.69 Å². The fraction of sp³-hybridized carbons (Fsp3) is 0.417. The molecule has 0 unspecified atom stereocenters. The Bertz CT molecular complexity index is 359. The summed E-state index contributed by atoms with van der Waals surface area (Å²) in [6, 6.07) is 5.33. The summed E-state index contributed by atoms with van der Waals surface area (Å²) in [5.74, 6) is 1.11. The van der Waals surface area contributed by atoms with Crippen molar-refractivity contribution in [2.75, 3.05) is 0 Å². The van der Waals surface area contributed by atoms with E-state index < -0.39 is 0 Å². The normalized spacial score (nSPS) is 10.7. The van der Waals surface area contributed by atoms with Crippen LogP contribution in [-0.4, -0.2) is 4.92 Å². The average Bonchev–Trinajstić information content (AvgIpc) is 2.17. The first-order chi connectivity index (χ1) is 7.04. The Kier molecular flexibility index (Phi) is 3.83. The number of benzene rings is 1. The van der Waals surface area contributed by atoms with Gasteiger partial charge in [0, 0.05) is 12.1 Å². The monoisotopic (exact) mass is 206 g/mol. The van der Waals surface area contributed by atoms with Crippen LogP contribution in [0.25, 0.3) is 0 Å². The van der Waals surface area contributed by atoms with E-state index in [2.05, 4.69) is 6.92 Å². The number of non-ortho nitro benzene ring substituents is 1. The molecule has 0 amide bonds. The van der Waals surface area contributed by atoms with E-state index in [4.69, 9.17) is 0 Å². The Balaban J connectivity index is 3.14. The smallest absolute Gasteiger partial charge is 0.258 e. The van der Waals surface area contributed by atoms with E-state index in [-0.39, 0.29) is 10.6 Å². The molecule has 0 saturated heterocycles. The van der Waals surface area contributed by atoms with E-state index in [9.17, 15) is 10.1 Å². The van der Waals surface area contributed by atoms with Crippen LogP contribution in [0.3, 0.4) is 0 Å². The van der Waals surface area contributed by atoms with Gasteiger partial charge in [0.1, 0.15) is 0 Å². The third-order valence-corrected chi connectivity index (χ3v) is 2.30. The van der Waals surface area contributed by atoms with Gasteiger partial charge in [0.05, 0.1) is 4.92 Å². The number of rotatable bonds is 4. The van der Waals surface area contributed by atoms with Gasteiger partial charge in [-0.3, -0.25) is 10.1 Å². The molecule has 0 heterocycles. The molecule has 0 atom stereocenters. The van der Waals surface area contributed by atoms with Crippen LogP contribution in [-0.2, 0) is 6.42 Å². The summed E-state index contributed by atoms with van der Waals surface area (Å²) >= 11 is 0. The Hall–Kier alpha value is -1.38. The molecule has 0 saturated carbocycles. The van der Waals surface area contributed by atoms with Crippen LogP contribution >= 0.6 is 0 Å². The molecule has 3 heteroatoms. The maximum absolute atomic E-state index is 10.7. The van der Waals surface area contributed by atoms with Crippen LogP contribution < -0.4 is 0 Å². The Morgan fingerprint density at radius 2 is 2.00 bits per heavy atom. The highest BCUT2D eigenvalue weighted by atomic mass is 16.6. The maximum atomic E-state index is 10.7. The molecule has 1 aromatic carbocycles. The number of hydrogen-bond acceptors (Lipinski definition) is 2. The third kappa shape index (κ3) is 3.05. The zero-order valence-corrected chi connectivity index (χ0v) is 9.41. The zero-order valence-electron chi connectivity index (χ0n) is 9.41. The van der Waals surface area contributed by atoms with Gasteiger partial charge >= 0.3 is 0 Å². The Morgan fingerprint density at radius 3 is 2.47 bits per heavy atom. The second-order valence-corrected chi connectivity index (χ2v) is 3.90. The fourth-order valence-electron chi connectivity index (χ4n) is 1.50. The van der Waals surface area contributed by atoms with Gasteiger partial charge in [-0.1, -0.05) is 33.3 Å². The Labute approximate surface area is 90.3 Å². The molecule has 0 fully saturated rings. The molecule has 0 aromatic heterocycles. The molecular weight excluding hydrogens is 190 g/mol. The molecule has 1 rings (SSSR count). The average molecular weight is 206 g/mol. The standard InChI is InChI=1S/C12H16NO2/c1-4-5-10-6-11(9(2)3)8-12(7-10)13(14)15/h6-8H,4-5H2,1-3H3. The fourth-order valence-corrected chi connectivity index (χ4v) is 1.50. The lowest BCUT2D eigenvalue weighted by Crippen LogP contribution is -1.96. The van der Waals surface area contributed by atoms with Crippen molar-refractivity contribution < 1.29 is 4.92 Å². The summed E-state index contributed by atoms with van der Waals surface area (Å²) in [6.07, 6.45) is 1.89. The Morgan fingerprint density at radius 1 is 1.33 bits per heavy atom. The van der Waals surface area contributed by atoms with Gasteiger partial charge in [0.2, 0.25) is 0 Å². The summed E-state index contributed by atoms with van der Waals surface area (Å²) in [4.78, 5) is 10.4. The summed E-state index contributed by atoms with van der Waals surface area (Å²) in [6.45, 7) is 6.00. The zero-order chi connectivity index (χ0) is 11.4. The first kappa shape index (κ1) is 11.7. The van der Waals surface area contributed by atoms with Crippen molar-refractivity contribution >= 4 is 5.69 Å². The van der Waals surface area contributed by atoms with Gasteiger partial charge in [-0.2, -0.15) is 0 Å². The van der Waals surface area contributed by atoms with E-state index in [1.807, 2.05) is 19.9 Å². The minimum absolute atomic E-state index is 0.192. The van der Waals surface area contributed by atoms with Crippen LogP contribution in [0.15, 0.2) is 18.2 Å². The van der Waals surface area contributed by atoms with E-state index in [1.54, 1.807) is 12.1 Å². The molecule has 0 aliphatic rings. The van der Waals surface area contributed by atoms with Crippen molar-refractivity contribution in [3.05, 3.63) is 45.4 Å². The third-order valence-electron chi connectivity index (χ3n) is 2.30. The summed E-state index contributed by atoms with van der Waals surface area (Å²) < 4.78 is 0. The van der Waals surface area contributed by atoms with Gasteiger partial charge in [0.15, 0.2) is 0 Å².